The summed E-state index contributed by atoms with van der Waals surface area (Å²) in [6.45, 7) is 3.79. The quantitative estimate of drug-likeness (QED) is 0.561. The van der Waals surface area contributed by atoms with Crippen LogP contribution in [0.15, 0.2) is 59.7 Å². The molecule has 0 aliphatic rings. The lowest BCUT2D eigenvalue weighted by Gasteiger charge is -2.08. The van der Waals surface area contributed by atoms with Gasteiger partial charge in [-0.05, 0) is 37.6 Å². The van der Waals surface area contributed by atoms with Crippen LogP contribution in [0.3, 0.4) is 0 Å². The molecule has 29 heavy (non-hydrogen) atoms. The van der Waals surface area contributed by atoms with Gasteiger partial charge in [-0.3, -0.25) is 9.59 Å². The standard InChI is InChI=1S/C21H18ClN5O2/c1-13-7-8-15(14(2)9-13)18-10-19-21(29)26(23-12-27(19)25-18)11-20(28)24-17-6-4-3-5-16(17)22/h3-10,12H,11H2,1-2H3,(H,24,28). The van der Waals surface area contributed by atoms with Gasteiger partial charge in [-0.2, -0.15) is 10.2 Å². The molecule has 0 saturated carbocycles. The molecular weight excluding hydrogens is 390 g/mol. The van der Waals surface area contributed by atoms with Crippen molar-refractivity contribution in [2.24, 2.45) is 0 Å². The van der Waals surface area contributed by atoms with E-state index in [2.05, 4.69) is 21.6 Å². The number of carbonyl (C=O) groups excluding carboxylic acids is 1. The third kappa shape index (κ3) is 3.77. The molecule has 1 N–H and O–H groups in total. The number of nitrogens with one attached hydrogen (secondary N) is 1. The summed E-state index contributed by atoms with van der Waals surface area (Å²) in [5.41, 5.74) is 4.28. The van der Waals surface area contributed by atoms with Crippen molar-refractivity contribution >= 4 is 28.7 Å². The van der Waals surface area contributed by atoms with Crippen LogP contribution in [0, 0.1) is 13.8 Å². The van der Waals surface area contributed by atoms with E-state index in [1.165, 1.54) is 10.8 Å². The Morgan fingerprint density at radius 1 is 1.14 bits per heavy atom. The van der Waals surface area contributed by atoms with Gasteiger partial charge in [0.05, 0.1) is 16.4 Å². The summed E-state index contributed by atoms with van der Waals surface area (Å²) in [4.78, 5) is 25.1. The zero-order valence-corrected chi connectivity index (χ0v) is 16.6. The Morgan fingerprint density at radius 2 is 1.93 bits per heavy atom. The van der Waals surface area contributed by atoms with Crippen LogP contribution in [0.25, 0.3) is 16.8 Å². The first-order chi connectivity index (χ1) is 13.9. The van der Waals surface area contributed by atoms with E-state index >= 15 is 0 Å². The number of para-hydroxylation sites is 1. The molecule has 0 aliphatic heterocycles. The van der Waals surface area contributed by atoms with Crippen LogP contribution in [0.4, 0.5) is 5.69 Å². The van der Waals surface area contributed by atoms with E-state index in [0.717, 1.165) is 21.4 Å². The zero-order chi connectivity index (χ0) is 20.5. The van der Waals surface area contributed by atoms with Gasteiger partial charge in [-0.1, -0.05) is 47.5 Å². The summed E-state index contributed by atoms with van der Waals surface area (Å²) < 4.78 is 2.54. The molecule has 0 aliphatic carbocycles. The first kappa shape index (κ1) is 18.9. The number of amides is 1. The number of carbonyl (C=O) groups is 1. The zero-order valence-electron chi connectivity index (χ0n) is 15.9. The Bertz CT molecular complexity index is 1290. The number of anilines is 1. The number of rotatable bonds is 4. The lowest BCUT2D eigenvalue weighted by atomic mass is 10.0. The Hall–Kier alpha value is -3.45. The predicted molar refractivity (Wildman–Crippen MR) is 112 cm³/mol. The molecule has 7 nitrogen and oxygen atoms in total. The van der Waals surface area contributed by atoms with Crippen molar-refractivity contribution in [2.75, 3.05) is 5.32 Å². The third-order valence-electron chi connectivity index (χ3n) is 4.59. The van der Waals surface area contributed by atoms with Gasteiger partial charge < -0.3 is 5.32 Å². The molecule has 8 heteroatoms. The number of aromatic nitrogens is 4. The summed E-state index contributed by atoms with van der Waals surface area (Å²) in [5, 5.41) is 11.6. The Morgan fingerprint density at radius 3 is 2.69 bits per heavy atom. The maximum atomic E-state index is 12.8. The van der Waals surface area contributed by atoms with E-state index in [1.54, 1.807) is 30.3 Å². The number of hydrogen-bond acceptors (Lipinski definition) is 4. The van der Waals surface area contributed by atoms with Crippen LogP contribution >= 0.6 is 11.6 Å². The van der Waals surface area contributed by atoms with Crippen molar-refractivity contribution < 1.29 is 4.79 Å². The molecule has 1 amide bonds. The summed E-state index contributed by atoms with van der Waals surface area (Å²) in [6.07, 6.45) is 1.42. The highest BCUT2D eigenvalue weighted by molar-refractivity contribution is 6.33. The molecule has 0 fully saturated rings. The molecule has 2 heterocycles. The molecule has 4 aromatic rings. The van der Waals surface area contributed by atoms with Crippen LogP contribution in [0.2, 0.25) is 5.02 Å². The predicted octanol–water partition coefficient (Wildman–Crippen LogP) is 3.47. The minimum Gasteiger partial charge on any atom is -0.323 e. The van der Waals surface area contributed by atoms with E-state index in [4.69, 9.17) is 11.6 Å². The largest absolute Gasteiger partial charge is 0.323 e. The van der Waals surface area contributed by atoms with Gasteiger partial charge in [-0.15, -0.1) is 0 Å². The molecule has 0 atom stereocenters. The fraction of sp³-hybridized carbons (Fsp3) is 0.143. The van der Waals surface area contributed by atoms with Crippen molar-refractivity contribution in [1.82, 2.24) is 19.4 Å². The van der Waals surface area contributed by atoms with Crippen LogP contribution in [0.1, 0.15) is 11.1 Å². The smallest absolute Gasteiger partial charge is 0.293 e. The highest BCUT2D eigenvalue weighted by Gasteiger charge is 2.14. The van der Waals surface area contributed by atoms with Gasteiger partial charge in [0.2, 0.25) is 5.91 Å². The summed E-state index contributed by atoms with van der Waals surface area (Å²) in [5.74, 6) is -0.397. The summed E-state index contributed by atoms with van der Waals surface area (Å²) in [6, 6.07) is 14.7. The summed E-state index contributed by atoms with van der Waals surface area (Å²) in [7, 11) is 0. The monoisotopic (exact) mass is 407 g/mol. The average molecular weight is 408 g/mol. The molecule has 4 rings (SSSR count). The van der Waals surface area contributed by atoms with Crippen molar-refractivity contribution in [3.8, 4) is 11.3 Å². The number of benzene rings is 2. The molecule has 2 aromatic carbocycles. The first-order valence-corrected chi connectivity index (χ1v) is 9.37. The maximum absolute atomic E-state index is 12.8. The van der Waals surface area contributed by atoms with Crippen molar-refractivity contribution in [3.63, 3.8) is 0 Å². The van der Waals surface area contributed by atoms with Crippen LogP contribution in [-0.4, -0.2) is 25.3 Å². The second-order valence-electron chi connectivity index (χ2n) is 6.80. The van der Waals surface area contributed by atoms with Crippen molar-refractivity contribution in [2.45, 2.75) is 20.4 Å². The maximum Gasteiger partial charge on any atom is 0.293 e. The Kier molecular flexibility index (Phi) is 4.90. The molecule has 0 spiro atoms. The fourth-order valence-corrected chi connectivity index (χ4v) is 3.35. The van der Waals surface area contributed by atoms with E-state index in [9.17, 15) is 9.59 Å². The molecule has 2 aromatic heterocycles. The highest BCUT2D eigenvalue weighted by atomic mass is 35.5. The normalized spacial score (nSPS) is 11.0. The number of halogens is 1. The van der Waals surface area contributed by atoms with E-state index in [-0.39, 0.29) is 6.54 Å². The fourth-order valence-electron chi connectivity index (χ4n) is 3.17. The summed E-state index contributed by atoms with van der Waals surface area (Å²) >= 11 is 6.05. The molecule has 0 saturated heterocycles. The highest BCUT2D eigenvalue weighted by Crippen LogP contribution is 2.23. The lowest BCUT2D eigenvalue weighted by molar-refractivity contribution is -0.117. The number of fused-ring (bicyclic) bond motifs is 1. The van der Waals surface area contributed by atoms with Gasteiger partial charge in [0, 0.05) is 5.56 Å². The van der Waals surface area contributed by atoms with Crippen molar-refractivity contribution in [1.29, 1.82) is 0 Å². The van der Waals surface area contributed by atoms with Gasteiger partial charge in [0.1, 0.15) is 18.4 Å². The molecule has 146 valence electrons. The van der Waals surface area contributed by atoms with E-state index in [1.807, 2.05) is 26.0 Å². The minimum atomic E-state index is -0.398. The number of aryl methyl sites for hydroxylation is 2. The third-order valence-corrected chi connectivity index (χ3v) is 4.92. The average Bonchev–Trinajstić information content (AvgIpc) is 3.11. The van der Waals surface area contributed by atoms with Gasteiger partial charge in [0.25, 0.3) is 5.56 Å². The minimum absolute atomic E-state index is 0.232. The molecule has 0 radical (unpaired) electrons. The molecular formula is C21H18ClN5O2. The van der Waals surface area contributed by atoms with Crippen LogP contribution in [-0.2, 0) is 11.3 Å². The Labute approximate surface area is 171 Å². The van der Waals surface area contributed by atoms with E-state index in [0.29, 0.717) is 21.9 Å². The lowest BCUT2D eigenvalue weighted by Crippen LogP contribution is -2.30. The van der Waals surface area contributed by atoms with Crippen LogP contribution in [0.5, 0.6) is 0 Å². The second-order valence-corrected chi connectivity index (χ2v) is 7.21. The number of nitrogens with zero attached hydrogens (tertiary/aromatic N) is 4. The van der Waals surface area contributed by atoms with Gasteiger partial charge in [-0.25, -0.2) is 9.20 Å². The van der Waals surface area contributed by atoms with E-state index < -0.39 is 11.5 Å². The van der Waals surface area contributed by atoms with Gasteiger partial charge in [0.15, 0.2) is 0 Å². The van der Waals surface area contributed by atoms with Gasteiger partial charge >= 0.3 is 0 Å². The second kappa shape index (κ2) is 7.52. The van der Waals surface area contributed by atoms with Crippen molar-refractivity contribution in [3.05, 3.63) is 81.4 Å². The topological polar surface area (TPSA) is 81.3 Å². The Balaban J connectivity index is 1.63. The van der Waals surface area contributed by atoms with Crippen LogP contribution < -0.4 is 10.9 Å². The first-order valence-electron chi connectivity index (χ1n) is 9.00. The molecule has 0 unspecified atom stereocenters. The molecule has 0 bridgehead atoms. The SMILES string of the molecule is Cc1ccc(-c2cc3c(=O)n(CC(=O)Nc4ccccc4Cl)ncn3n2)c(C)c1. The number of hydrogen-bond donors (Lipinski definition) is 1.